The van der Waals surface area contributed by atoms with Crippen molar-refractivity contribution in [2.75, 3.05) is 6.54 Å². The molecule has 74 valence electrons. The minimum atomic E-state index is 0.288. The van der Waals surface area contributed by atoms with Crippen LogP contribution >= 0.6 is 11.6 Å². The number of aryl methyl sites for hydroxylation is 2. The van der Waals surface area contributed by atoms with Crippen LogP contribution in [0.5, 0.6) is 0 Å². The van der Waals surface area contributed by atoms with Crippen LogP contribution in [0.4, 0.5) is 0 Å². The number of hydrogen-bond donors (Lipinski definition) is 1. The summed E-state index contributed by atoms with van der Waals surface area (Å²) in [6.07, 6.45) is 0.903. The van der Waals surface area contributed by atoms with Crippen LogP contribution in [0.2, 0.25) is 5.15 Å². The van der Waals surface area contributed by atoms with Gasteiger partial charge in [0.05, 0.1) is 5.69 Å². The van der Waals surface area contributed by atoms with Crippen LogP contribution in [0.1, 0.15) is 31.0 Å². The van der Waals surface area contributed by atoms with E-state index < -0.39 is 0 Å². The summed E-state index contributed by atoms with van der Waals surface area (Å²) in [4.78, 5) is 0. The topological polar surface area (TPSA) is 43.8 Å². The lowest BCUT2D eigenvalue weighted by Crippen LogP contribution is -2.10. The SMILES string of the molecule is CCc1nn(C)c(Cl)c1C(C)CN. The highest BCUT2D eigenvalue weighted by molar-refractivity contribution is 6.30. The van der Waals surface area contributed by atoms with Gasteiger partial charge in [-0.05, 0) is 18.9 Å². The summed E-state index contributed by atoms with van der Waals surface area (Å²) in [6.45, 7) is 4.76. The zero-order chi connectivity index (χ0) is 10.0. The van der Waals surface area contributed by atoms with E-state index in [2.05, 4.69) is 18.9 Å². The van der Waals surface area contributed by atoms with Gasteiger partial charge in [-0.3, -0.25) is 4.68 Å². The van der Waals surface area contributed by atoms with Gasteiger partial charge in [-0.1, -0.05) is 25.4 Å². The largest absolute Gasteiger partial charge is 0.330 e. The second-order valence-corrected chi connectivity index (χ2v) is 3.62. The van der Waals surface area contributed by atoms with Crippen LogP contribution in [0.3, 0.4) is 0 Å². The Kier molecular flexibility index (Phi) is 3.33. The molecule has 0 amide bonds. The van der Waals surface area contributed by atoms with Crippen molar-refractivity contribution in [3.05, 3.63) is 16.4 Å². The second kappa shape index (κ2) is 4.11. The van der Waals surface area contributed by atoms with E-state index in [1.165, 1.54) is 0 Å². The van der Waals surface area contributed by atoms with Gasteiger partial charge in [0.25, 0.3) is 0 Å². The van der Waals surface area contributed by atoms with Crippen LogP contribution < -0.4 is 5.73 Å². The van der Waals surface area contributed by atoms with Crippen LogP contribution in [-0.4, -0.2) is 16.3 Å². The summed E-state index contributed by atoms with van der Waals surface area (Å²) >= 11 is 6.11. The zero-order valence-electron chi connectivity index (χ0n) is 8.34. The molecule has 13 heavy (non-hydrogen) atoms. The minimum absolute atomic E-state index is 0.288. The molecule has 1 heterocycles. The first-order valence-electron chi connectivity index (χ1n) is 4.53. The Balaban J connectivity index is 3.15. The lowest BCUT2D eigenvalue weighted by Gasteiger charge is -2.08. The second-order valence-electron chi connectivity index (χ2n) is 3.27. The molecule has 0 bridgehead atoms. The summed E-state index contributed by atoms with van der Waals surface area (Å²) < 4.78 is 1.71. The number of hydrogen-bond acceptors (Lipinski definition) is 2. The molecule has 1 aromatic heterocycles. The van der Waals surface area contributed by atoms with Gasteiger partial charge in [-0.2, -0.15) is 5.10 Å². The third-order valence-corrected chi connectivity index (χ3v) is 2.72. The van der Waals surface area contributed by atoms with E-state index >= 15 is 0 Å². The van der Waals surface area contributed by atoms with Gasteiger partial charge in [0.1, 0.15) is 5.15 Å². The molecular weight excluding hydrogens is 186 g/mol. The molecule has 0 aliphatic carbocycles. The molecule has 0 aliphatic heterocycles. The fraction of sp³-hybridized carbons (Fsp3) is 0.667. The first-order valence-corrected chi connectivity index (χ1v) is 4.90. The summed E-state index contributed by atoms with van der Waals surface area (Å²) in [5.41, 5.74) is 7.78. The van der Waals surface area contributed by atoms with Crippen molar-refractivity contribution in [1.29, 1.82) is 0 Å². The number of nitrogens with zero attached hydrogens (tertiary/aromatic N) is 2. The highest BCUT2D eigenvalue weighted by Crippen LogP contribution is 2.27. The predicted molar refractivity (Wildman–Crippen MR) is 55.1 cm³/mol. The molecule has 3 nitrogen and oxygen atoms in total. The highest BCUT2D eigenvalue weighted by atomic mass is 35.5. The van der Waals surface area contributed by atoms with Gasteiger partial charge < -0.3 is 5.73 Å². The van der Waals surface area contributed by atoms with Gasteiger partial charge in [-0.15, -0.1) is 0 Å². The average molecular weight is 202 g/mol. The van der Waals surface area contributed by atoms with Crippen LogP contribution in [0, 0.1) is 0 Å². The van der Waals surface area contributed by atoms with E-state index in [4.69, 9.17) is 17.3 Å². The van der Waals surface area contributed by atoms with Gasteiger partial charge in [0.2, 0.25) is 0 Å². The maximum Gasteiger partial charge on any atom is 0.130 e. The Morgan fingerprint density at radius 1 is 1.62 bits per heavy atom. The van der Waals surface area contributed by atoms with Gasteiger partial charge in [-0.25, -0.2) is 0 Å². The highest BCUT2D eigenvalue weighted by Gasteiger charge is 2.17. The fourth-order valence-electron chi connectivity index (χ4n) is 1.44. The third kappa shape index (κ3) is 1.86. The van der Waals surface area contributed by atoms with Crippen LogP contribution in [0.25, 0.3) is 0 Å². The molecule has 0 aromatic carbocycles. The molecule has 1 unspecified atom stereocenters. The summed E-state index contributed by atoms with van der Waals surface area (Å²) in [5, 5.41) is 5.04. The molecule has 0 spiro atoms. The molecule has 0 radical (unpaired) electrons. The first-order chi connectivity index (χ1) is 6.11. The predicted octanol–water partition coefficient (Wildman–Crippen LogP) is 1.70. The molecule has 0 saturated carbocycles. The summed E-state index contributed by atoms with van der Waals surface area (Å²) in [5.74, 6) is 0.288. The van der Waals surface area contributed by atoms with Crippen molar-refractivity contribution in [3.8, 4) is 0 Å². The van der Waals surface area contributed by atoms with Crippen molar-refractivity contribution in [3.63, 3.8) is 0 Å². The van der Waals surface area contributed by atoms with Crippen LogP contribution in [0.15, 0.2) is 0 Å². The van der Waals surface area contributed by atoms with Crippen LogP contribution in [-0.2, 0) is 13.5 Å². The van der Waals surface area contributed by atoms with E-state index in [1.807, 2.05) is 7.05 Å². The maximum atomic E-state index is 6.11. The lowest BCUT2D eigenvalue weighted by atomic mass is 10.0. The quantitative estimate of drug-likeness (QED) is 0.809. The molecule has 1 aromatic rings. The van der Waals surface area contributed by atoms with Crippen molar-refractivity contribution in [1.82, 2.24) is 9.78 Å². The summed E-state index contributed by atoms with van der Waals surface area (Å²) in [6, 6.07) is 0. The lowest BCUT2D eigenvalue weighted by molar-refractivity contribution is 0.747. The molecular formula is C9H16ClN3. The van der Waals surface area contributed by atoms with E-state index in [0.29, 0.717) is 6.54 Å². The van der Waals surface area contributed by atoms with E-state index in [0.717, 1.165) is 22.8 Å². The van der Waals surface area contributed by atoms with E-state index in [9.17, 15) is 0 Å². The molecule has 2 N–H and O–H groups in total. The van der Waals surface area contributed by atoms with Crippen molar-refractivity contribution in [2.45, 2.75) is 26.2 Å². The molecule has 0 saturated heterocycles. The molecule has 4 heteroatoms. The molecule has 0 fully saturated rings. The maximum absolute atomic E-state index is 6.11. The van der Waals surface area contributed by atoms with E-state index in [1.54, 1.807) is 4.68 Å². The number of halogens is 1. The Hall–Kier alpha value is -0.540. The van der Waals surface area contributed by atoms with Gasteiger partial charge in [0.15, 0.2) is 0 Å². The van der Waals surface area contributed by atoms with Crippen molar-refractivity contribution < 1.29 is 0 Å². The molecule has 1 rings (SSSR count). The van der Waals surface area contributed by atoms with E-state index in [-0.39, 0.29) is 5.92 Å². The number of rotatable bonds is 3. The fourth-order valence-corrected chi connectivity index (χ4v) is 1.77. The smallest absolute Gasteiger partial charge is 0.130 e. The van der Waals surface area contributed by atoms with Gasteiger partial charge >= 0.3 is 0 Å². The molecule has 1 atom stereocenters. The first kappa shape index (κ1) is 10.5. The zero-order valence-corrected chi connectivity index (χ0v) is 9.10. The number of aromatic nitrogens is 2. The van der Waals surface area contributed by atoms with Crippen molar-refractivity contribution >= 4 is 11.6 Å². The molecule has 0 aliphatic rings. The Labute approximate surface area is 83.9 Å². The Bertz CT molecular complexity index is 293. The third-order valence-electron chi connectivity index (χ3n) is 2.27. The van der Waals surface area contributed by atoms with Gasteiger partial charge in [0, 0.05) is 12.6 Å². The monoisotopic (exact) mass is 201 g/mol. The van der Waals surface area contributed by atoms with Crippen molar-refractivity contribution in [2.24, 2.45) is 12.8 Å². The Morgan fingerprint density at radius 3 is 2.69 bits per heavy atom. The standard InChI is InChI=1S/C9H16ClN3/c1-4-7-8(6(2)5-11)9(10)13(3)12-7/h6H,4-5,11H2,1-3H3. The Morgan fingerprint density at radius 2 is 2.23 bits per heavy atom. The normalized spacial score (nSPS) is 13.3. The number of nitrogens with two attached hydrogens (primary N) is 1. The summed E-state index contributed by atoms with van der Waals surface area (Å²) in [7, 11) is 1.86. The minimum Gasteiger partial charge on any atom is -0.330 e. The average Bonchev–Trinajstić information content (AvgIpc) is 2.42.